The highest BCUT2D eigenvalue weighted by molar-refractivity contribution is 5.94. The molecule has 1 amide bonds. The van der Waals surface area contributed by atoms with Gasteiger partial charge in [-0.25, -0.2) is 4.39 Å². The van der Waals surface area contributed by atoms with Gasteiger partial charge in [0.2, 0.25) is 0 Å². The molecule has 0 radical (unpaired) electrons. The average molecular weight is 393 g/mol. The van der Waals surface area contributed by atoms with E-state index in [1.807, 2.05) is 37.2 Å². The van der Waals surface area contributed by atoms with Gasteiger partial charge in [0.05, 0.1) is 6.04 Å². The Hall–Kier alpha value is -3.25. The van der Waals surface area contributed by atoms with Gasteiger partial charge in [-0.15, -0.1) is 0 Å². The SMILES string of the molecule is CN(C)[C@H](CNC(=O)c1ccc(OCc2cccnc2)cc1)c1cccc(F)c1. The van der Waals surface area contributed by atoms with E-state index in [1.165, 1.54) is 12.1 Å². The van der Waals surface area contributed by atoms with Crippen molar-refractivity contribution in [2.75, 3.05) is 20.6 Å². The number of carbonyl (C=O) groups excluding carboxylic acids is 1. The third-order valence-electron chi connectivity index (χ3n) is 4.56. The summed E-state index contributed by atoms with van der Waals surface area (Å²) in [5.41, 5.74) is 2.33. The second-order valence-corrected chi connectivity index (χ2v) is 6.92. The zero-order chi connectivity index (χ0) is 20.6. The fourth-order valence-electron chi connectivity index (χ4n) is 2.96. The molecule has 0 spiro atoms. The van der Waals surface area contributed by atoms with Crippen LogP contribution in [0.5, 0.6) is 5.75 Å². The molecule has 0 unspecified atom stereocenters. The van der Waals surface area contributed by atoms with E-state index >= 15 is 0 Å². The lowest BCUT2D eigenvalue weighted by Gasteiger charge is -2.25. The molecular formula is C23H24FN3O2. The third kappa shape index (κ3) is 5.86. The van der Waals surface area contributed by atoms with E-state index in [2.05, 4.69) is 10.3 Å². The second-order valence-electron chi connectivity index (χ2n) is 6.92. The van der Waals surface area contributed by atoms with Gasteiger partial charge in [0.1, 0.15) is 18.2 Å². The molecule has 1 heterocycles. The van der Waals surface area contributed by atoms with E-state index in [0.717, 1.165) is 11.1 Å². The molecule has 0 aliphatic rings. The molecule has 29 heavy (non-hydrogen) atoms. The molecule has 5 nitrogen and oxygen atoms in total. The predicted octanol–water partition coefficient (Wildman–Crippen LogP) is 3.83. The van der Waals surface area contributed by atoms with Crippen LogP contribution in [0, 0.1) is 5.82 Å². The lowest BCUT2D eigenvalue weighted by atomic mass is 10.1. The Bertz CT molecular complexity index is 930. The maximum absolute atomic E-state index is 13.5. The van der Waals surface area contributed by atoms with Gasteiger partial charge in [0, 0.05) is 30.1 Å². The van der Waals surface area contributed by atoms with Gasteiger partial charge >= 0.3 is 0 Å². The smallest absolute Gasteiger partial charge is 0.251 e. The molecule has 6 heteroatoms. The normalized spacial score (nSPS) is 11.9. The van der Waals surface area contributed by atoms with Crippen LogP contribution in [0.4, 0.5) is 4.39 Å². The summed E-state index contributed by atoms with van der Waals surface area (Å²) in [6.45, 7) is 0.784. The number of aromatic nitrogens is 1. The molecule has 3 rings (SSSR count). The first-order valence-corrected chi connectivity index (χ1v) is 9.35. The van der Waals surface area contributed by atoms with Crippen LogP contribution in [-0.2, 0) is 6.61 Å². The molecular weight excluding hydrogens is 369 g/mol. The summed E-state index contributed by atoms with van der Waals surface area (Å²) in [6.07, 6.45) is 3.47. The fourth-order valence-corrected chi connectivity index (χ4v) is 2.96. The number of rotatable bonds is 8. The topological polar surface area (TPSA) is 54.5 Å². The number of pyridine rings is 1. The molecule has 0 aliphatic carbocycles. The lowest BCUT2D eigenvalue weighted by molar-refractivity contribution is 0.0942. The van der Waals surface area contributed by atoms with Gasteiger partial charge in [0.25, 0.3) is 5.91 Å². The molecule has 0 fully saturated rings. The standard InChI is InChI=1S/C23H24FN3O2/c1-27(2)22(19-6-3-7-20(24)13-19)15-26-23(28)18-8-10-21(11-9-18)29-16-17-5-4-12-25-14-17/h3-14,22H,15-16H2,1-2H3,(H,26,28)/t22-/m1/s1. The fraction of sp³-hybridized carbons (Fsp3) is 0.217. The number of nitrogens with zero attached hydrogens (tertiary/aromatic N) is 2. The first-order chi connectivity index (χ1) is 14.0. The van der Waals surface area contributed by atoms with Crippen molar-refractivity contribution in [1.29, 1.82) is 0 Å². The van der Waals surface area contributed by atoms with Gasteiger partial charge in [-0.1, -0.05) is 18.2 Å². The lowest BCUT2D eigenvalue weighted by Crippen LogP contribution is -2.34. The van der Waals surface area contributed by atoms with Crippen molar-refractivity contribution >= 4 is 5.91 Å². The van der Waals surface area contributed by atoms with Crippen LogP contribution in [-0.4, -0.2) is 36.4 Å². The van der Waals surface area contributed by atoms with Crippen molar-refractivity contribution in [2.24, 2.45) is 0 Å². The molecule has 2 aromatic carbocycles. The highest BCUT2D eigenvalue weighted by Crippen LogP contribution is 2.19. The molecule has 0 saturated carbocycles. The van der Waals surface area contributed by atoms with Crippen molar-refractivity contribution in [2.45, 2.75) is 12.6 Å². The summed E-state index contributed by atoms with van der Waals surface area (Å²) < 4.78 is 19.3. The number of nitrogens with one attached hydrogen (secondary N) is 1. The second kappa shape index (κ2) is 9.80. The molecule has 1 aromatic heterocycles. The van der Waals surface area contributed by atoms with E-state index in [0.29, 0.717) is 24.5 Å². The largest absolute Gasteiger partial charge is 0.489 e. The minimum Gasteiger partial charge on any atom is -0.489 e. The van der Waals surface area contributed by atoms with Crippen LogP contribution >= 0.6 is 0 Å². The van der Waals surface area contributed by atoms with Crippen molar-refractivity contribution in [3.05, 3.63) is 95.6 Å². The summed E-state index contributed by atoms with van der Waals surface area (Å²) in [5, 5.41) is 2.92. The molecule has 1 N–H and O–H groups in total. The van der Waals surface area contributed by atoms with Crippen LogP contribution in [0.3, 0.4) is 0 Å². The molecule has 3 aromatic rings. The van der Waals surface area contributed by atoms with Crippen LogP contribution in [0.1, 0.15) is 27.5 Å². The first kappa shape index (κ1) is 20.5. The minimum atomic E-state index is -0.289. The summed E-state index contributed by atoms with van der Waals surface area (Å²) >= 11 is 0. The van der Waals surface area contributed by atoms with E-state index in [1.54, 1.807) is 42.7 Å². The van der Waals surface area contributed by atoms with Crippen molar-refractivity contribution < 1.29 is 13.9 Å². The number of amides is 1. The Morgan fingerprint density at radius 1 is 1.14 bits per heavy atom. The first-order valence-electron chi connectivity index (χ1n) is 9.35. The summed E-state index contributed by atoms with van der Waals surface area (Å²) in [6, 6.07) is 17.1. The highest BCUT2D eigenvalue weighted by Gasteiger charge is 2.16. The minimum absolute atomic E-state index is 0.128. The Morgan fingerprint density at radius 3 is 2.59 bits per heavy atom. The number of likely N-dealkylation sites (N-methyl/N-ethyl adjacent to an activating group) is 1. The van der Waals surface area contributed by atoms with Crippen LogP contribution in [0.2, 0.25) is 0 Å². The molecule has 0 saturated heterocycles. The molecule has 1 atom stereocenters. The van der Waals surface area contributed by atoms with Gasteiger partial charge in [-0.2, -0.15) is 0 Å². The quantitative estimate of drug-likeness (QED) is 0.632. The zero-order valence-corrected chi connectivity index (χ0v) is 16.5. The van der Waals surface area contributed by atoms with E-state index in [-0.39, 0.29) is 17.8 Å². The van der Waals surface area contributed by atoms with Crippen LogP contribution < -0.4 is 10.1 Å². The number of ether oxygens (including phenoxy) is 1. The maximum atomic E-state index is 13.5. The van der Waals surface area contributed by atoms with Crippen molar-refractivity contribution in [3.8, 4) is 5.75 Å². The summed E-state index contributed by atoms with van der Waals surface area (Å²) in [7, 11) is 3.80. The molecule has 0 bridgehead atoms. The Balaban J connectivity index is 1.57. The van der Waals surface area contributed by atoms with Crippen LogP contribution in [0.25, 0.3) is 0 Å². The highest BCUT2D eigenvalue weighted by atomic mass is 19.1. The monoisotopic (exact) mass is 393 g/mol. The number of hydrogen-bond donors (Lipinski definition) is 1. The van der Waals surface area contributed by atoms with E-state index in [4.69, 9.17) is 4.74 Å². The van der Waals surface area contributed by atoms with E-state index < -0.39 is 0 Å². The summed E-state index contributed by atoms with van der Waals surface area (Å²) in [4.78, 5) is 18.5. The van der Waals surface area contributed by atoms with Crippen LogP contribution in [0.15, 0.2) is 73.1 Å². The molecule has 150 valence electrons. The number of benzene rings is 2. The Labute approximate surface area is 170 Å². The zero-order valence-electron chi connectivity index (χ0n) is 16.5. The number of carbonyl (C=O) groups is 1. The summed E-state index contributed by atoms with van der Waals surface area (Å²) in [5.74, 6) is 0.200. The average Bonchev–Trinajstić information content (AvgIpc) is 2.73. The van der Waals surface area contributed by atoms with Crippen molar-refractivity contribution in [3.63, 3.8) is 0 Å². The predicted molar refractivity (Wildman–Crippen MR) is 110 cm³/mol. The van der Waals surface area contributed by atoms with Gasteiger partial charge in [0.15, 0.2) is 0 Å². The Morgan fingerprint density at radius 2 is 1.93 bits per heavy atom. The third-order valence-corrected chi connectivity index (χ3v) is 4.56. The van der Waals surface area contributed by atoms with Gasteiger partial charge in [-0.3, -0.25) is 9.78 Å². The van der Waals surface area contributed by atoms with E-state index in [9.17, 15) is 9.18 Å². The van der Waals surface area contributed by atoms with Crippen molar-refractivity contribution in [1.82, 2.24) is 15.2 Å². The molecule has 0 aliphatic heterocycles. The van der Waals surface area contributed by atoms with Gasteiger partial charge in [-0.05, 0) is 62.1 Å². The van der Waals surface area contributed by atoms with Gasteiger partial charge < -0.3 is 15.0 Å². The number of halogens is 1. The maximum Gasteiger partial charge on any atom is 0.251 e. The number of hydrogen-bond acceptors (Lipinski definition) is 4. The Kier molecular flexibility index (Phi) is 6.92.